The van der Waals surface area contributed by atoms with Crippen LogP contribution in [0.4, 0.5) is 0 Å². The third-order valence-corrected chi connectivity index (χ3v) is 2.61. The van der Waals surface area contributed by atoms with Crippen molar-refractivity contribution in [2.45, 2.75) is 61.0 Å². The summed E-state index contributed by atoms with van der Waals surface area (Å²) in [5.41, 5.74) is 0.317. The number of ether oxygens (including phenoxy) is 1. The van der Waals surface area contributed by atoms with Gasteiger partial charge in [-0.3, -0.25) is 0 Å². The molecule has 0 radical (unpaired) electrons. The summed E-state index contributed by atoms with van der Waals surface area (Å²) < 4.78 is 5.88. The Labute approximate surface area is 90.2 Å². The minimum absolute atomic E-state index is 0.0155. The zero-order chi connectivity index (χ0) is 11.6. The van der Waals surface area contributed by atoms with Crippen molar-refractivity contribution in [1.82, 2.24) is 0 Å². The molecule has 1 heteroatoms. The third-order valence-electron chi connectivity index (χ3n) is 2.61. The maximum atomic E-state index is 5.88. The van der Waals surface area contributed by atoms with Gasteiger partial charge in [0.1, 0.15) is 0 Å². The van der Waals surface area contributed by atoms with E-state index in [4.69, 9.17) is 4.74 Å². The van der Waals surface area contributed by atoms with Gasteiger partial charge in [0.2, 0.25) is 0 Å². The summed E-state index contributed by atoms with van der Waals surface area (Å²) in [7, 11) is 0. The maximum absolute atomic E-state index is 5.88. The molecule has 1 unspecified atom stereocenters. The third kappa shape index (κ3) is 5.64. The van der Waals surface area contributed by atoms with Gasteiger partial charge >= 0.3 is 0 Å². The largest absolute Gasteiger partial charge is 0.376 e. The Morgan fingerprint density at radius 2 is 1.36 bits per heavy atom. The van der Waals surface area contributed by atoms with Crippen molar-refractivity contribution in [3.8, 4) is 0 Å². The minimum Gasteiger partial charge on any atom is -0.376 e. The van der Waals surface area contributed by atoms with Crippen molar-refractivity contribution in [3.05, 3.63) is 0 Å². The van der Waals surface area contributed by atoms with E-state index in [1.165, 1.54) is 0 Å². The average Bonchev–Trinajstić information content (AvgIpc) is 1.79. The van der Waals surface area contributed by atoms with Gasteiger partial charge in [-0.15, -0.1) is 0 Å². The lowest BCUT2D eigenvalue weighted by Gasteiger charge is -2.36. The molecular weight excluding hydrogens is 172 g/mol. The van der Waals surface area contributed by atoms with Crippen LogP contribution in [0.2, 0.25) is 0 Å². The number of hydrogen-bond donors (Lipinski definition) is 0. The fourth-order valence-corrected chi connectivity index (χ4v) is 1.78. The predicted octanol–water partition coefficient (Wildman–Crippen LogP) is 4.12. The molecule has 0 spiro atoms. The minimum atomic E-state index is -0.0155. The lowest BCUT2D eigenvalue weighted by Crippen LogP contribution is -2.33. The van der Waals surface area contributed by atoms with E-state index < -0.39 is 0 Å². The first-order chi connectivity index (χ1) is 6.04. The molecule has 0 aromatic carbocycles. The Bertz CT molecular complexity index is 157. The number of hydrogen-bond acceptors (Lipinski definition) is 1. The Morgan fingerprint density at radius 3 is 1.57 bits per heavy atom. The van der Waals surface area contributed by atoms with Crippen LogP contribution in [-0.2, 0) is 4.74 Å². The van der Waals surface area contributed by atoms with Gasteiger partial charge in [0.05, 0.1) is 12.2 Å². The Morgan fingerprint density at radius 1 is 0.929 bits per heavy atom. The molecule has 0 heterocycles. The molecule has 1 nitrogen and oxygen atoms in total. The van der Waals surface area contributed by atoms with Crippen LogP contribution in [0.25, 0.3) is 0 Å². The summed E-state index contributed by atoms with van der Waals surface area (Å²) in [5, 5.41) is 0. The highest BCUT2D eigenvalue weighted by Gasteiger charge is 2.28. The summed E-state index contributed by atoms with van der Waals surface area (Å²) in [4.78, 5) is 0. The van der Waals surface area contributed by atoms with Crippen molar-refractivity contribution in [3.63, 3.8) is 0 Å². The van der Waals surface area contributed by atoms with Gasteiger partial charge in [-0.05, 0) is 38.0 Å². The zero-order valence-electron chi connectivity index (χ0n) is 11.3. The van der Waals surface area contributed by atoms with Crippen LogP contribution in [0.1, 0.15) is 55.4 Å². The van der Waals surface area contributed by atoms with Crippen molar-refractivity contribution in [2.24, 2.45) is 17.3 Å². The van der Waals surface area contributed by atoms with Crippen LogP contribution in [0, 0.1) is 17.3 Å². The molecule has 0 aliphatic carbocycles. The zero-order valence-corrected chi connectivity index (χ0v) is 11.3. The first-order valence-corrected chi connectivity index (χ1v) is 5.68. The first kappa shape index (κ1) is 14.0. The molecule has 0 saturated heterocycles. The van der Waals surface area contributed by atoms with Crippen molar-refractivity contribution >= 4 is 0 Å². The molecular formula is C13H28O. The quantitative estimate of drug-likeness (QED) is 0.666. The lowest BCUT2D eigenvalue weighted by atomic mass is 9.75. The van der Waals surface area contributed by atoms with E-state index in [1.54, 1.807) is 0 Å². The van der Waals surface area contributed by atoms with E-state index >= 15 is 0 Å². The Kier molecular flexibility index (Phi) is 4.64. The molecule has 1 atom stereocenters. The van der Waals surface area contributed by atoms with Crippen molar-refractivity contribution in [1.29, 1.82) is 0 Å². The van der Waals surface area contributed by atoms with Crippen molar-refractivity contribution < 1.29 is 4.74 Å². The SMILES string of the molecule is CC(C)C(COC(C)(C)C)C(C)(C)C. The molecule has 0 saturated carbocycles. The topological polar surface area (TPSA) is 9.23 Å². The van der Waals surface area contributed by atoms with E-state index in [2.05, 4.69) is 55.4 Å². The predicted molar refractivity (Wildman–Crippen MR) is 63.5 cm³/mol. The molecule has 0 aliphatic heterocycles. The van der Waals surface area contributed by atoms with Gasteiger partial charge in [-0.2, -0.15) is 0 Å². The van der Waals surface area contributed by atoms with Gasteiger partial charge in [0.25, 0.3) is 0 Å². The lowest BCUT2D eigenvalue weighted by molar-refractivity contribution is -0.0524. The van der Waals surface area contributed by atoms with E-state index in [9.17, 15) is 0 Å². The van der Waals surface area contributed by atoms with Crippen LogP contribution < -0.4 is 0 Å². The fourth-order valence-electron chi connectivity index (χ4n) is 1.78. The fraction of sp³-hybridized carbons (Fsp3) is 1.00. The molecule has 0 amide bonds. The van der Waals surface area contributed by atoms with Gasteiger partial charge < -0.3 is 4.74 Å². The van der Waals surface area contributed by atoms with E-state index in [-0.39, 0.29) is 5.60 Å². The van der Waals surface area contributed by atoms with Crippen LogP contribution in [0.15, 0.2) is 0 Å². The second-order valence-electron chi connectivity index (χ2n) is 6.64. The highest BCUT2D eigenvalue weighted by Crippen LogP contribution is 2.33. The Hall–Kier alpha value is -0.0400. The highest BCUT2D eigenvalue weighted by atomic mass is 16.5. The standard InChI is InChI=1S/C13H28O/c1-10(2)11(12(3,4)5)9-14-13(6,7)8/h10-11H,9H2,1-8H3. The summed E-state index contributed by atoms with van der Waals surface area (Å²) >= 11 is 0. The highest BCUT2D eigenvalue weighted by molar-refractivity contribution is 4.77. The molecule has 14 heavy (non-hydrogen) atoms. The van der Waals surface area contributed by atoms with E-state index in [0.717, 1.165) is 6.61 Å². The summed E-state index contributed by atoms with van der Waals surface area (Å²) in [5.74, 6) is 1.30. The van der Waals surface area contributed by atoms with E-state index in [1.807, 2.05) is 0 Å². The molecule has 0 rings (SSSR count). The smallest absolute Gasteiger partial charge is 0.0598 e. The van der Waals surface area contributed by atoms with Crippen LogP contribution in [-0.4, -0.2) is 12.2 Å². The van der Waals surface area contributed by atoms with E-state index in [0.29, 0.717) is 17.3 Å². The monoisotopic (exact) mass is 200 g/mol. The summed E-state index contributed by atoms with van der Waals surface area (Å²) in [6.45, 7) is 18.7. The number of rotatable bonds is 3. The van der Waals surface area contributed by atoms with Gasteiger partial charge in [0.15, 0.2) is 0 Å². The maximum Gasteiger partial charge on any atom is 0.0598 e. The molecule has 0 bridgehead atoms. The van der Waals surface area contributed by atoms with Crippen molar-refractivity contribution in [2.75, 3.05) is 6.61 Å². The molecule has 0 fully saturated rings. The molecule has 0 aromatic rings. The normalized spacial score (nSPS) is 16.1. The molecule has 0 aliphatic rings. The Balaban J connectivity index is 4.27. The van der Waals surface area contributed by atoms with Gasteiger partial charge in [-0.1, -0.05) is 34.6 Å². The molecule has 86 valence electrons. The first-order valence-electron chi connectivity index (χ1n) is 5.68. The second-order valence-corrected chi connectivity index (χ2v) is 6.64. The van der Waals surface area contributed by atoms with Crippen LogP contribution in [0.5, 0.6) is 0 Å². The van der Waals surface area contributed by atoms with Crippen LogP contribution in [0.3, 0.4) is 0 Å². The molecule has 0 aromatic heterocycles. The summed E-state index contributed by atoms with van der Waals surface area (Å²) in [6, 6.07) is 0. The molecule has 0 N–H and O–H groups in total. The summed E-state index contributed by atoms with van der Waals surface area (Å²) in [6.07, 6.45) is 0. The van der Waals surface area contributed by atoms with Gasteiger partial charge in [-0.25, -0.2) is 0 Å². The second kappa shape index (κ2) is 4.65. The average molecular weight is 200 g/mol. The van der Waals surface area contributed by atoms with Crippen LogP contribution >= 0.6 is 0 Å². The van der Waals surface area contributed by atoms with Gasteiger partial charge in [0, 0.05) is 0 Å².